The fraction of sp³-hybridized carbons (Fsp3) is 0.577. The monoisotopic (exact) mass is 550 g/mol. The van der Waals surface area contributed by atoms with Crippen molar-refractivity contribution >= 4 is 29.6 Å². The molecule has 0 spiro atoms. The van der Waals surface area contributed by atoms with Crippen LogP contribution in [0.2, 0.25) is 0 Å². The number of hydrogen-bond acceptors (Lipinski definition) is 8. The summed E-state index contributed by atoms with van der Waals surface area (Å²) < 4.78 is 0. The summed E-state index contributed by atoms with van der Waals surface area (Å²) in [5.74, 6) is -4.22. The average Bonchev–Trinajstić information content (AvgIpc) is 2.89. The molecular formula is C26H42N6O7. The summed E-state index contributed by atoms with van der Waals surface area (Å²) in [6.07, 6.45) is 1.67. The molecule has 0 aliphatic rings. The number of unbranched alkanes of at least 4 members (excludes halogenated alkanes) is 1. The van der Waals surface area contributed by atoms with Gasteiger partial charge in [-0.2, -0.15) is 0 Å². The molecule has 0 bridgehead atoms. The number of phenols is 1. The third-order valence-corrected chi connectivity index (χ3v) is 6.40. The Balaban J connectivity index is 3.16. The van der Waals surface area contributed by atoms with E-state index in [2.05, 4.69) is 16.0 Å². The van der Waals surface area contributed by atoms with Crippen LogP contribution in [0.5, 0.6) is 5.75 Å². The van der Waals surface area contributed by atoms with Gasteiger partial charge in [-0.3, -0.25) is 19.2 Å². The van der Waals surface area contributed by atoms with Crippen molar-refractivity contribution in [1.82, 2.24) is 16.0 Å². The lowest BCUT2D eigenvalue weighted by Crippen LogP contribution is -2.58. The van der Waals surface area contributed by atoms with E-state index in [-0.39, 0.29) is 37.4 Å². The maximum absolute atomic E-state index is 13.3. The SMILES string of the molecule is CCC(C)C(NC(=O)C(Cc1ccc(O)cc1)NC(=O)C(CCCCN)NC(=O)C(N)CCC(N)=O)C(=O)O. The molecule has 5 unspecified atom stereocenters. The maximum Gasteiger partial charge on any atom is 0.326 e. The topological polar surface area (TPSA) is 240 Å². The molecule has 1 aromatic rings. The first kappa shape index (κ1) is 33.3. The van der Waals surface area contributed by atoms with Gasteiger partial charge in [0, 0.05) is 12.8 Å². The van der Waals surface area contributed by atoms with Gasteiger partial charge in [-0.05, 0) is 55.8 Å². The lowest BCUT2D eigenvalue weighted by atomic mass is 9.98. The number of carbonyl (C=O) groups excluding carboxylic acids is 4. The summed E-state index contributed by atoms with van der Waals surface area (Å²) in [6.45, 7) is 3.86. The molecule has 5 atom stereocenters. The third kappa shape index (κ3) is 12.1. The first-order valence-electron chi connectivity index (χ1n) is 13.0. The van der Waals surface area contributed by atoms with E-state index in [1.54, 1.807) is 26.0 Å². The first-order valence-corrected chi connectivity index (χ1v) is 13.0. The normalized spacial score (nSPS) is 14.8. The number of amides is 4. The number of aliphatic carboxylic acids is 1. The zero-order chi connectivity index (χ0) is 29.5. The molecule has 1 aromatic carbocycles. The van der Waals surface area contributed by atoms with Gasteiger partial charge in [0.05, 0.1) is 6.04 Å². The van der Waals surface area contributed by atoms with E-state index in [0.717, 1.165) is 0 Å². The molecule has 0 aliphatic heterocycles. The molecule has 218 valence electrons. The highest BCUT2D eigenvalue weighted by atomic mass is 16.4. The molecule has 4 amide bonds. The number of aromatic hydroxyl groups is 1. The van der Waals surface area contributed by atoms with Crippen molar-refractivity contribution in [2.24, 2.45) is 23.1 Å². The lowest BCUT2D eigenvalue weighted by molar-refractivity contribution is -0.143. The van der Waals surface area contributed by atoms with Crippen LogP contribution in [0.3, 0.4) is 0 Å². The molecule has 0 heterocycles. The summed E-state index contributed by atoms with van der Waals surface area (Å²) in [5.41, 5.74) is 17.1. The van der Waals surface area contributed by atoms with Gasteiger partial charge in [-0.15, -0.1) is 0 Å². The van der Waals surface area contributed by atoms with Crippen LogP contribution in [-0.4, -0.2) is 70.5 Å². The summed E-state index contributed by atoms with van der Waals surface area (Å²) in [4.78, 5) is 62.0. The largest absolute Gasteiger partial charge is 0.508 e. The van der Waals surface area contributed by atoms with E-state index >= 15 is 0 Å². The van der Waals surface area contributed by atoms with E-state index in [1.165, 1.54) is 12.1 Å². The second-order valence-corrected chi connectivity index (χ2v) is 9.60. The van der Waals surface area contributed by atoms with Gasteiger partial charge < -0.3 is 43.4 Å². The third-order valence-electron chi connectivity index (χ3n) is 6.40. The fourth-order valence-corrected chi connectivity index (χ4v) is 3.76. The molecule has 13 heteroatoms. The Kier molecular flexibility index (Phi) is 14.5. The zero-order valence-electron chi connectivity index (χ0n) is 22.5. The summed E-state index contributed by atoms with van der Waals surface area (Å²) in [5, 5.41) is 26.9. The minimum Gasteiger partial charge on any atom is -0.508 e. The predicted molar refractivity (Wildman–Crippen MR) is 144 cm³/mol. The molecule has 13 nitrogen and oxygen atoms in total. The smallest absolute Gasteiger partial charge is 0.326 e. The molecule has 0 aliphatic carbocycles. The van der Waals surface area contributed by atoms with Crippen molar-refractivity contribution in [3.63, 3.8) is 0 Å². The summed E-state index contributed by atoms with van der Waals surface area (Å²) in [7, 11) is 0. The molecule has 0 fully saturated rings. The second-order valence-electron chi connectivity index (χ2n) is 9.60. The zero-order valence-corrected chi connectivity index (χ0v) is 22.5. The van der Waals surface area contributed by atoms with Crippen molar-refractivity contribution in [2.45, 2.75) is 83.0 Å². The van der Waals surface area contributed by atoms with E-state index in [4.69, 9.17) is 17.2 Å². The number of nitrogens with one attached hydrogen (secondary N) is 3. The number of carboxylic acid groups (broad SMARTS) is 1. The Morgan fingerprint density at radius 3 is 2.03 bits per heavy atom. The lowest BCUT2D eigenvalue weighted by Gasteiger charge is -2.26. The number of nitrogens with two attached hydrogens (primary N) is 3. The van der Waals surface area contributed by atoms with Crippen LogP contribution >= 0.6 is 0 Å². The standard InChI is InChI=1S/C26H42N6O7/c1-3-15(2)22(26(38)39)32-25(37)20(14-16-7-9-17(33)10-8-16)31-24(36)19(6-4-5-13-27)30-23(35)18(28)11-12-21(29)34/h7-10,15,18-20,22,33H,3-6,11-14,27-28H2,1-2H3,(H2,29,34)(H,30,35)(H,31,36)(H,32,37)(H,38,39). The van der Waals surface area contributed by atoms with Gasteiger partial charge in [0.2, 0.25) is 23.6 Å². The number of phenolic OH excluding ortho intramolecular Hbond substituents is 1. The number of hydrogen-bond donors (Lipinski definition) is 8. The molecule has 0 radical (unpaired) electrons. The Morgan fingerprint density at radius 2 is 1.49 bits per heavy atom. The Bertz CT molecular complexity index is 972. The quantitative estimate of drug-likeness (QED) is 0.107. The number of benzene rings is 1. The first-order chi connectivity index (χ1) is 18.4. The minimum absolute atomic E-state index is 0.00359. The highest BCUT2D eigenvalue weighted by molar-refractivity contribution is 5.94. The number of primary amides is 1. The van der Waals surface area contributed by atoms with E-state index in [1.807, 2.05) is 0 Å². The molecule has 39 heavy (non-hydrogen) atoms. The van der Waals surface area contributed by atoms with Gasteiger partial charge in [-0.25, -0.2) is 4.79 Å². The van der Waals surface area contributed by atoms with Gasteiger partial charge in [-0.1, -0.05) is 32.4 Å². The van der Waals surface area contributed by atoms with Crippen molar-refractivity contribution in [3.8, 4) is 5.75 Å². The van der Waals surface area contributed by atoms with Crippen LogP contribution in [-0.2, 0) is 30.4 Å². The van der Waals surface area contributed by atoms with Gasteiger partial charge >= 0.3 is 5.97 Å². The number of carboxylic acids is 1. The highest BCUT2D eigenvalue weighted by Gasteiger charge is 2.32. The van der Waals surface area contributed by atoms with E-state index in [9.17, 15) is 34.2 Å². The molecule has 11 N–H and O–H groups in total. The second kappa shape index (κ2) is 17.0. The highest BCUT2D eigenvalue weighted by Crippen LogP contribution is 2.14. The molecule has 0 aromatic heterocycles. The summed E-state index contributed by atoms with van der Waals surface area (Å²) in [6, 6.07) is 1.49. The van der Waals surface area contributed by atoms with Gasteiger partial charge in [0.25, 0.3) is 0 Å². The van der Waals surface area contributed by atoms with Gasteiger partial charge in [0.1, 0.15) is 23.9 Å². The van der Waals surface area contributed by atoms with Crippen LogP contribution in [0.15, 0.2) is 24.3 Å². The maximum atomic E-state index is 13.3. The van der Waals surface area contributed by atoms with Crippen LogP contribution in [0.25, 0.3) is 0 Å². The number of rotatable bonds is 18. The van der Waals surface area contributed by atoms with Crippen molar-refractivity contribution in [1.29, 1.82) is 0 Å². The fourth-order valence-electron chi connectivity index (χ4n) is 3.76. The van der Waals surface area contributed by atoms with Crippen LogP contribution < -0.4 is 33.2 Å². The Labute approximate surface area is 228 Å². The molecule has 0 saturated carbocycles. The average molecular weight is 551 g/mol. The Hall–Kier alpha value is -3.71. The van der Waals surface area contributed by atoms with Gasteiger partial charge in [0.15, 0.2) is 0 Å². The summed E-state index contributed by atoms with van der Waals surface area (Å²) >= 11 is 0. The predicted octanol–water partition coefficient (Wildman–Crippen LogP) is -0.758. The van der Waals surface area contributed by atoms with E-state index < -0.39 is 53.8 Å². The van der Waals surface area contributed by atoms with Crippen LogP contribution in [0, 0.1) is 5.92 Å². The van der Waals surface area contributed by atoms with Crippen molar-refractivity contribution in [3.05, 3.63) is 29.8 Å². The molecule has 1 rings (SSSR count). The van der Waals surface area contributed by atoms with E-state index in [0.29, 0.717) is 31.4 Å². The molecular weight excluding hydrogens is 508 g/mol. The Morgan fingerprint density at radius 1 is 0.897 bits per heavy atom. The molecule has 0 saturated heterocycles. The van der Waals surface area contributed by atoms with Crippen LogP contribution in [0.1, 0.15) is 57.9 Å². The van der Waals surface area contributed by atoms with Crippen molar-refractivity contribution < 1.29 is 34.2 Å². The number of carbonyl (C=O) groups is 5. The van der Waals surface area contributed by atoms with Crippen molar-refractivity contribution in [2.75, 3.05) is 6.54 Å². The minimum atomic E-state index is -1.20. The van der Waals surface area contributed by atoms with Crippen LogP contribution in [0.4, 0.5) is 0 Å².